The second-order valence-corrected chi connectivity index (χ2v) is 7.32. The second kappa shape index (κ2) is 7.60. The maximum absolute atomic E-state index is 12.8. The van der Waals surface area contributed by atoms with Gasteiger partial charge in [0.2, 0.25) is 12.7 Å². The van der Waals surface area contributed by atoms with Crippen molar-refractivity contribution in [1.29, 1.82) is 0 Å². The molecular weight excluding hydrogens is 262 g/mol. The summed E-state index contributed by atoms with van der Waals surface area (Å²) in [6, 6.07) is 0. The van der Waals surface area contributed by atoms with Gasteiger partial charge in [-0.2, -0.15) is 0 Å². The van der Waals surface area contributed by atoms with Crippen LogP contribution in [-0.4, -0.2) is 23.0 Å². The van der Waals surface area contributed by atoms with Gasteiger partial charge in [0.05, 0.1) is 6.61 Å². The molecule has 0 saturated carbocycles. The van der Waals surface area contributed by atoms with Crippen molar-refractivity contribution < 1.29 is 23.1 Å². The van der Waals surface area contributed by atoms with Gasteiger partial charge >= 0.3 is 8.25 Å². The second-order valence-electron chi connectivity index (χ2n) is 3.80. The normalized spacial score (nSPS) is 16.6. The van der Waals surface area contributed by atoms with E-state index in [0.29, 0.717) is 32.0 Å². The first-order valence-corrected chi connectivity index (χ1v) is 8.94. The van der Waals surface area contributed by atoms with E-state index >= 15 is 0 Å². The van der Waals surface area contributed by atoms with E-state index in [1.54, 1.807) is 20.8 Å². The van der Waals surface area contributed by atoms with Crippen LogP contribution in [0.4, 0.5) is 0 Å². The Kier molecular flexibility index (Phi) is 7.70. The molecule has 0 aromatic rings. The molecule has 7 heteroatoms. The van der Waals surface area contributed by atoms with Crippen molar-refractivity contribution in [2.24, 2.45) is 0 Å². The van der Waals surface area contributed by atoms with Crippen molar-refractivity contribution in [3.05, 3.63) is 0 Å². The molecule has 0 heterocycles. The minimum absolute atomic E-state index is 0.310. The highest BCUT2D eigenvalue weighted by atomic mass is 31.2. The molecule has 0 radical (unpaired) electrons. The van der Waals surface area contributed by atoms with Gasteiger partial charge in [-0.05, 0) is 26.2 Å². The summed E-state index contributed by atoms with van der Waals surface area (Å²) < 4.78 is 34.3. The number of rotatable bonds is 9. The highest BCUT2D eigenvalue weighted by molar-refractivity contribution is 7.60. The van der Waals surface area contributed by atoms with Crippen molar-refractivity contribution in [2.75, 3.05) is 12.8 Å². The third kappa shape index (κ3) is 4.11. The lowest BCUT2D eigenvalue weighted by molar-refractivity contribution is 0.112. The van der Waals surface area contributed by atoms with E-state index in [9.17, 15) is 9.13 Å². The average Bonchev–Trinajstić information content (AvgIpc) is 2.26. The first-order valence-electron chi connectivity index (χ1n) is 6.00. The molecule has 0 fully saturated rings. The molecule has 0 aliphatic rings. The van der Waals surface area contributed by atoms with Gasteiger partial charge in [0.25, 0.3) is 0 Å². The summed E-state index contributed by atoms with van der Waals surface area (Å²) in [6.07, 6.45) is 1.83. The van der Waals surface area contributed by atoms with Crippen LogP contribution < -0.4 is 0 Å². The van der Waals surface area contributed by atoms with Crippen LogP contribution in [0.3, 0.4) is 0 Å². The first kappa shape index (κ1) is 17.2. The van der Waals surface area contributed by atoms with Crippen LogP contribution in [-0.2, 0) is 18.2 Å². The van der Waals surface area contributed by atoms with Crippen molar-refractivity contribution in [3.63, 3.8) is 0 Å². The summed E-state index contributed by atoms with van der Waals surface area (Å²) in [5.41, 5.74) is 0. The summed E-state index contributed by atoms with van der Waals surface area (Å²) in [7, 11) is -5.87. The van der Waals surface area contributed by atoms with Crippen molar-refractivity contribution in [2.45, 2.75) is 52.3 Å². The van der Waals surface area contributed by atoms with Crippen LogP contribution in [0.25, 0.3) is 0 Å². The predicted octanol–water partition coefficient (Wildman–Crippen LogP) is 3.89. The Labute approximate surface area is 104 Å². The molecule has 2 unspecified atom stereocenters. The lowest BCUT2D eigenvalue weighted by atomic mass is 10.2. The molecule has 0 aromatic carbocycles. The highest BCUT2D eigenvalue weighted by Crippen LogP contribution is 2.64. The number of hydrogen-bond donors (Lipinski definition) is 1. The molecule has 0 aliphatic heterocycles. The van der Waals surface area contributed by atoms with E-state index < -0.39 is 21.0 Å². The van der Waals surface area contributed by atoms with E-state index in [2.05, 4.69) is 0 Å². The van der Waals surface area contributed by atoms with E-state index in [1.165, 1.54) is 0 Å². The fraction of sp³-hybridized carbons (Fsp3) is 1.00. The molecule has 0 aliphatic carbocycles. The van der Waals surface area contributed by atoms with Crippen LogP contribution in [0.1, 0.15) is 47.0 Å². The molecule has 0 bridgehead atoms. The molecule has 0 rings (SSSR count). The van der Waals surface area contributed by atoms with Gasteiger partial charge in [-0.3, -0.25) is 4.57 Å². The van der Waals surface area contributed by atoms with E-state index in [1.807, 2.05) is 6.92 Å². The Morgan fingerprint density at radius 3 is 2.06 bits per heavy atom. The lowest BCUT2D eigenvalue weighted by Gasteiger charge is -2.33. The smallest absolute Gasteiger partial charge is 0.327 e. The Hall–Kier alpha value is 0.210. The fourth-order valence-corrected chi connectivity index (χ4v) is 5.95. The molecule has 0 saturated heterocycles. The minimum atomic E-state index is -3.08. The Bertz CT molecular complexity index is 278. The molecule has 2 atom stereocenters. The van der Waals surface area contributed by atoms with Crippen molar-refractivity contribution >= 4 is 15.6 Å². The first-order chi connectivity index (χ1) is 7.91. The predicted molar refractivity (Wildman–Crippen MR) is 68.6 cm³/mol. The topological polar surface area (TPSA) is 72.8 Å². The molecule has 0 aromatic heterocycles. The molecule has 17 heavy (non-hydrogen) atoms. The van der Waals surface area contributed by atoms with Crippen molar-refractivity contribution in [3.8, 4) is 0 Å². The molecule has 1 N–H and O–H groups in total. The zero-order valence-corrected chi connectivity index (χ0v) is 12.8. The highest BCUT2D eigenvalue weighted by Gasteiger charge is 2.53. The van der Waals surface area contributed by atoms with Gasteiger partial charge in [0.15, 0.2) is 0 Å². The Morgan fingerprint density at radius 1 is 1.24 bits per heavy atom. The fourth-order valence-electron chi connectivity index (χ4n) is 1.96. The SMILES string of the molecule is CCCP(=O)(OCC)C(CC)(CC)O[P+](=O)O. The standard InChI is InChI=1S/C10H22O5P2/c1-5-9-17(13,14-8-4)10(6-2,7-3)15-16(11)12/h5-9H2,1-4H3/p+1. The maximum Gasteiger partial charge on any atom is 0.695 e. The lowest BCUT2D eigenvalue weighted by Crippen LogP contribution is -2.31. The quantitative estimate of drug-likeness (QED) is 0.650. The zero-order chi connectivity index (χ0) is 13.5. The van der Waals surface area contributed by atoms with Crippen LogP contribution >= 0.6 is 15.6 Å². The maximum atomic E-state index is 12.8. The summed E-state index contributed by atoms with van der Waals surface area (Å²) in [6.45, 7) is 7.57. The van der Waals surface area contributed by atoms with Gasteiger partial charge in [-0.15, -0.1) is 9.42 Å². The van der Waals surface area contributed by atoms with E-state index in [4.69, 9.17) is 13.9 Å². The van der Waals surface area contributed by atoms with Crippen molar-refractivity contribution in [1.82, 2.24) is 0 Å². The van der Waals surface area contributed by atoms with Crippen LogP contribution in [0.5, 0.6) is 0 Å². The third-order valence-electron chi connectivity index (χ3n) is 2.83. The van der Waals surface area contributed by atoms with E-state index in [0.717, 1.165) is 0 Å². The Balaban J connectivity index is 5.34. The summed E-state index contributed by atoms with van der Waals surface area (Å²) in [5.74, 6) is 0. The molecule has 0 amide bonds. The number of hydrogen-bond acceptors (Lipinski definition) is 4. The zero-order valence-electron chi connectivity index (χ0n) is 11.0. The van der Waals surface area contributed by atoms with Gasteiger partial charge < -0.3 is 4.52 Å². The van der Waals surface area contributed by atoms with Gasteiger partial charge in [-0.1, -0.05) is 20.8 Å². The minimum Gasteiger partial charge on any atom is -0.327 e. The third-order valence-corrected chi connectivity index (χ3v) is 7.16. The largest absolute Gasteiger partial charge is 0.695 e. The van der Waals surface area contributed by atoms with Crippen LogP contribution in [0.15, 0.2) is 0 Å². The monoisotopic (exact) mass is 285 g/mol. The summed E-state index contributed by atoms with van der Waals surface area (Å²) in [5, 5.41) is -1.14. The van der Waals surface area contributed by atoms with E-state index in [-0.39, 0.29) is 0 Å². The molecule has 102 valence electrons. The van der Waals surface area contributed by atoms with Gasteiger partial charge in [0.1, 0.15) is 0 Å². The van der Waals surface area contributed by atoms with Crippen LogP contribution in [0.2, 0.25) is 0 Å². The summed E-state index contributed by atoms with van der Waals surface area (Å²) in [4.78, 5) is 8.96. The average molecular weight is 285 g/mol. The molecular formula is C10H23O5P2+. The molecule has 0 spiro atoms. The van der Waals surface area contributed by atoms with Gasteiger partial charge in [-0.25, -0.2) is 0 Å². The van der Waals surface area contributed by atoms with Gasteiger partial charge in [0, 0.05) is 10.7 Å². The summed E-state index contributed by atoms with van der Waals surface area (Å²) >= 11 is 0. The Morgan fingerprint density at radius 2 is 1.76 bits per heavy atom. The molecule has 5 nitrogen and oxygen atoms in total. The van der Waals surface area contributed by atoms with Crippen LogP contribution in [0, 0.1) is 0 Å².